The highest BCUT2D eigenvalue weighted by Gasteiger charge is 2.36. The van der Waals surface area contributed by atoms with Gasteiger partial charge in [-0.05, 0) is 18.1 Å². The minimum absolute atomic E-state index is 0.135. The molecule has 2 aromatic rings. The average molecular weight is 331 g/mol. The summed E-state index contributed by atoms with van der Waals surface area (Å²) in [7, 11) is 0. The summed E-state index contributed by atoms with van der Waals surface area (Å²) in [5, 5.41) is 7.21. The Kier molecular flexibility index (Phi) is 3.62. The zero-order valence-electron chi connectivity index (χ0n) is 10.3. The lowest BCUT2D eigenvalue weighted by atomic mass is 10.1. The molecule has 4 nitrogen and oxygen atoms in total. The molecule has 0 radical (unpaired) electrons. The first kappa shape index (κ1) is 14.3. The van der Waals surface area contributed by atoms with Gasteiger partial charge in [-0.3, -0.25) is 10.1 Å². The molecule has 1 aliphatic rings. The molecule has 21 heavy (non-hydrogen) atoms. The first-order valence-electron chi connectivity index (χ1n) is 5.89. The van der Waals surface area contributed by atoms with Crippen LogP contribution in [0.25, 0.3) is 0 Å². The highest BCUT2D eigenvalue weighted by atomic mass is 32.2. The number of rotatable bonds is 2. The number of hydrogen-bond acceptors (Lipinski definition) is 5. The van der Waals surface area contributed by atoms with Gasteiger partial charge in [0.05, 0.1) is 5.25 Å². The van der Waals surface area contributed by atoms with E-state index in [-0.39, 0.29) is 16.3 Å². The molecule has 0 saturated carbocycles. The first-order chi connectivity index (χ1) is 9.93. The molecular weight excluding hydrogens is 323 g/mol. The molecule has 1 unspecified atom stereocenters. The summed E-state index contributed by atoms with van der Waals surface area (Å²) in [5.74, 6) is -0.360. The smallest absolute Gasteiger partial charge is 0.300 e. The monoisotopic (exact) mass is 331 g/mol. The van der Waals surface area contributed by atoms with Crippen LogP contribution in [0.2, 0.25) is 0 Å². The van der Waals surface area contributed by atoms with Crippen LogP contribution in [0.3, 0.4) is 0 Å². The fraction of sp³-hybridized carbons (Fsp3) is 0.250. The van der Waals surface area contributed by atoms with Crippen molar-refractivity contribution >= 4 is 34.1 Å². The molecule has 110 valence electrons. The molecule has 2 heterocycles. The molecule has 1 amide bonds. The summed E-state index contributed by atoms with van der Waals surface area (Å²) in [6, 6.07) is 7.62. The number of aromatic nitrogens is 2. The number of hydrogen-bond donors (Lipinski definition) is 1. The van der Waals surface area contributed by atoms with Crippen molar-refractivity contribution in [2.45, 2.75) is 22.7 Å². The summed E-state index contributed by atoms with van der Waals surface area (Å²) >= 11 is 1.72. The standard InChI is InChI=1S/C12H8F3N3OS2/c13-12(14,15)10-17-18-11(21-10)16-9(19)8-5-6-3-1-2-4-7(6)20-8/h1-4,8H,5H2,(H,16,18,19). The summed E-state index contributed by atoms with van der Waals surface area (Å²) < 4.78 is 37.2. The van der Waals surface area contributed by atoms with Crippen molar-refractivity contribution in [3.05, 3.63) is 34.8 Å². The third-order valence-electron chi connectivity index (χ3n) is 2.84. The van der Waals surface area contributed by atoms with Gasteiger partial charge < -0.3 is 0 Å². The lowest BCUT2D eigenvalue weighted by Crippen LogP contribution is -2.24. The second-order valence-electron chi connectivity index (χ2n) is 4.32. The summed E-state index contributed by atoms with van der Waals surface area (Å²) in [6.07, 6.45) is -3.99. The van der Waals surface area contributed by atoms with Crippen molar-refractivity contribution in [2.75, 3.05) is 5.32 Å². The van der Waals surface area contributed by atoms with Crippen LogP contribution in [0.5, 0.6) is 0 Å². The van der Waals surface area contributed by atoms with E-state index in [1.807, 2.05) is 24.3 Å². The second-order valence-corrected chi connectivity index (χ2v) is 6.54. The molecule has 1 aliphatic heterocycles. The Morgan fingerprint density at radius 2 is 2.05 bits per heavy atom. The normalized spacial score (nSPS) is 17.6. The zero-order valence-corrected chi connectivity index (χ0v) is 12.0. The van der Waals surface area contributed by atoms with Crippen molar-refractivity contribution < 1.29 is 18.0 Å². The van der Waals surface area contributed by atoms with Crippen LogP contribution in [-0.2, 0) is 17.4 Å². The van der Waals surface area contributed by atoms with Gasteiger partial charge in [0, 0.05) is 4.90 Å². The number of anilines is 1. The van der Waals surface area contributed by atoms with Crippen LogP contribution in [0.15, 0.2) is 29.2 Å². The zero-order chi connectivity index (χ0) is 15.0. The molecule has 1 aromatic carbocycles. The van der Waals surface area contributed by atoms with E-state index < -0.39 is 11.2 Å². The Morgan fingerprint density at radius 3 is 2.71 bits per heavy atom. The van der Waals surface area contributed by atoms with Crippen molar-refractivity contribution in [1.29, 1.82) is 0 Å². The Morgan fingerprint density at radius 1 is 1.29 bits per heavy atom. The number of thioether (sulfide) groups is 1. The van der Waals surface area contributed by atoms with Crippen molar-refractivity contribution in [3.63, 3.8) is 0 Å². The maximum absolute atomic E-state index is 12.4. The Bertz CT molecular complexity index is 661. The second kappa shape index (κ2) is 5.30. The van der Waals surface area contributed by atoms with Crippen molar-refractivity contribution in [3.8, 4) is 0 Å². The molecule has 1 N–H and O–H groups in total. The third-order valence-corrected chi connectivity index (χ3v) is 5.04. The Hall–Kier alpha value is -1.61. The predicted octanol–water partition coefficient (Wildman–Crippen LogP) is 3.21. The van der Waals surface area contributed by atoms with Gasteiger partial charge in [-0.2, -0.15) is 13.2 Å². The highest BCUT2D eigenvalue weighted by Crippen LogP contribution is 2.38. The van der Waals surface area contributed by atoms with Gasteiger partial charge in [-0.15, -0.1) is 22.0 Å². The quantitative estimate of drug-likeness (QED) is 0.918. The molecule has 0 spiro atoms. The molecule has 9 heteroatoms. The predicted molar refractivity (Wildman–Crippen MR) is 73.3 cm³/mol. The number of carbonyl (C=O) groups excluding carboxylic acids is 1. The minimum atomic E-state index is -4.54. The fourth-order valence-electron chi connectivity index (χ4n) is 1.90. The van der Waals surface area contributed by atoms with Crippen LogP contribution in [-0.4, -0.2) is 21.4 Å². The lowest BCUT2D eigenvalue weighted by Gasteiger charge is -2.06. The van der Waals surface area contributed by atoms with Gasteiger partial charge in [-0.1, -0.05) is 29.5 Å². The minimum Gasteiger partial charge on any atom is -0.300 e. The van der Waals surface area contributed by atoms with E-state index in [1.165, 1.54) is 11.8 Å². The van der Waals surface area contributed by atoms with Gasteiger partial charge in [-0.25, -0.2) is 0 Å². The van der Waals surface area contributed by atoms with Crippen LogP contribution in [0.4, 0.5) is 18.3 Å². The summed E-state index contributed by atoms with van der Waals surface area (Å²) in [4.78, 5) is 13.1. The van der Waals surface area contributed by atoms with Crippen molar-refractivity contribution in [1.82, 2.24) is 10.2 Å². The van der Waals surface area contributed by atoms with E-state index in [0.717, 1.165) is 10.5 Å². The first-order valence-corrected chi connectivity index (χ1v) is 7.59. The molecule has 3 rings (SSSR count). The number of fused-ring (bicyclic) bond motifs is 1. The number of nitrogens with zero attached hydrogens (tertiary/aromatic N) is 2. The van der Waals surface area contributed by atoms with Crippen LogP contribution in [0.1, 0.15) is 10.6 Å². The molecule has 0 saturated heterocycles. The largest absolute Gasteiger partial charge is 0.445 e. The van der Waals surface area contributed by atoms with E-state index in [4.69, 9.17) is 0 Å². The van der Waals surface area contributed by atoms with Gasteiger partial charge >= 0.3 is 6.18 Å². The summed E-state index contributed by atoms with van der Waals surface area (Å²) in [5.41, 5.74) is 1.07. The molecule has 0 fully saturated rings. The van der Waals surface area contributed by atoms with E-state index in [0.29, 0.717) is 17.8 Å². The van der Waals surface area contributed by atoms with Gasteiger partial charge in [0.25, 0.3) is 0 Å². The van der Waals surface area contributed by atoms with Gasteiger partial charge in [0.2, 0.25) is 16.0 Å². The number of halogens is 3. The van der Waals surface area contributed by atoms with Gasteiger partial charge in [0.15, 0.2) is 0 Å². The number of amides is 1. The Balaban J connectivity index is 1.67. The summed E-state index contributed by atoms with van der Waals surface area (Å²) in [6.45, 7) is 0. The molecule has 0 bridgehead atoms. The van der Waals surface area contributed by atoms with E-state index in [1.54, 1.807) is 0 Å². The lowest BCUT2D eigenvalue weighted by molar-refractivity contribution is -0.138. The molecule has 0 aliphatic carbocycles. The fourth-order valence-corrected chi connectivity index (χ4v) is 3.71. The third kappa shape index (κ3) is 3.03. The van der Waals surface area contributed by atoms with E-state index in [2.05, 4.69) is 15.5 Å². The number of nitrogens with one attached hydrogen (secondary N) is 1. The van der Waals surface area contributed by atoms with Crippen LogP contribution >= 0.6 is 23.1 Å². The van der Waals surface area contributed by atoms with Crippen LogP contribution in [0, 0.1) is 0 Å². The van der Waals surface area contributed by atoms with E-state index >= 15 is 0 Å². The van der Waals surface area contributed by atoms with Gasteiger partial charge in [0.1, 0.15) is 0 Å². The van der Waals surface area contributed by atoms with E-state index in [9.17, 15) is 18.0 Å². The topological polar surface area (TPSA) is 54.9 Å². The molecule has 1 aromatic heterocycles. The molecular formula is C12H8F3N3OS2. The number of benzene rings is 1. The number of alkyl halides is 3. The number of carbonyl (C=O) groups is 1. The maximum Gasteiger partial charge on any atom is 0.445 e. The Labute approximate surface area is 125 Å². The molecule has 1 atom stereocenters. The maximum atomic E-state index is 12.4. The van der Waals surface area contributed by atoms with Crippen LogP contribution < -0.4 is 5.32 Å². The van der Waals surface area contributed by atoms with Crippen molar-refractivity contribution in [2.24, 2.45) is 0 Å². The average Bonchev–Trinajstić information content (AvgIpc) is 3.03. The SMILES string of the molecule is O=C(Nc1nnc(C(F)(F)F)s1)C1Cc2ccccc2S1. The highest BCUT2D eigenvalue weighted by molar-refractivity contribution is 8.01.